The Balaban J connectivity index is 0.000000159. The number of nitrogen functional groups attached to an aromatic ring is 1. The Morgan fingerprint density at radius 2 is 1.02 bits per heavy atom. The monoisotopic (exact) mass is 1730 g/mol. The number of aromatic hydroxyl groups is 1. The summed E-state index contributed by atoms with van der Waals surface area (Å²) in [5.74, 6) is -2.84. The van der Waals surface area contributed by atoms with Crippen molar-refractivity contribution in [3.05, 3.63) is 252 Å². The van der Waals surface area contributed by atoms with Gasteiger partial charge in [0, 0.05) is 88.9 Å². The molecular formula is C89H87Cl3F5N19O7. The third-order valence-corrected chi connectivity index (χ3v) is 22.4. The zero-order valence-corrected chi connectivity index (χ0v) is 70.9. The molecule has 3 aliphatic rings. The normalized spacial score (nSPS) is 15.6. The van der Waals surface area contributed by atoms with Gasteiger partial charge in [-0.2, -0.15) is 15.0 Å². The van der Waals surface area contributed by atoms with E-state index in [9.17, 15) is 51.4 Å². The lowest BCUT2D eigenvalue weighted by Crippen LogP contribution is -2.58. The highest BCUT2D eigenvalue weighted by Crippen LogP contribution is 2.42. The van der Waals surface area contributed by atoms with Crippen LogP contribution in [0.2, 0.25) is 15.1 Å². The minimum Gasteiger partial charge on any atom is -0.507 e. The maximum atomic E-state index is 15.8. The number of nitrogens with two attached hydrogens (primary N) is 1. The molecule has 15 rings (SSSR count). The summed E-state index contributed by atoms with van der Waals surface area (Å²) in [7, 11) is 0. The number of halogens is 8. The predicted molar refractivity (Wildman–Crippen MR) is 469 cm³/mol. The van der Waals surface area contributed by atoms with Crippen molar-refractivity contribution in [1.82, 2.24) is 73.3 Å². The Morgan fingerprint density at radius 1 is 0.520 bits per heavy atom. The molecule has 3 fully saturated rings. The van der Waals surface area contributed by atoms with Crippen molar-refractivity contribution in [3.63, 3.8) is 0 Å². The number of nitrogens with zero attached hydrogens (tertiary/aromatic N) is 18. The zero-order valence-electron chi connectivity index (χ0n) is 68.6. The summed E-state index contributed by atoms with van der Waals surface area (Å²) >= 11 is 20.0. The number of piperazine rings is 3. The van der Waals surface area contributed by atoms with Crippen molar-refractivity contribution < 1.29 is 41.4 Å². The topological polar surface area (TPSA) is 299 Å². The zero-order chi connectivity index (χ0) is 88.4. The fraction of sp³-hybridized carbons (Fsp3) is 0.292. The lowest BCUT2D eigenvalue weighted by molar-refractivity contribution is -0.128. The number of phenols is 1. The molecule has 0 aliphatic carbocycles. The molecule has 3 atom stereocenters. The van der Waals surface area contributed by atoms with Crippen molar-refractivity contribution in [2.45, 2.75) is 105 Å². The average molecular weight is 1740 g/mol. The first-order chi connectivity index (χ1) is 58.7. The molecule has 0 radical (unpaired) electrons. The van der Waals surface area contributed by atoms with Crippen molar-refractivity contribution in [1.29, 1.82) is 0 Å². The number of phenolic OH excluding ortho intramolecular Hbond substituents is 1. The summed E-state index contributed by atoms with van der Waals surface area (Å²) in [5.41, 5.74) is 8.73. The van der Waals surface area contributed by atoms with Crippen LogP contribution in [-0.4, -0.2) is 180 Å². The van der Waals surface area contributed by atoms with Crippen LogP contribution in [0.5, 0.6) is 5.75 Å². The van der Waals surface area contributed by atoms with Crippen LogP contribution in [0.4, 0.5) is 45.2 Å². The second-order valence-electron chi connectivity index (χ2n) is 30.9. The lowest BCUT2D eigenvalue weighted by Gasteiger charge is -2.41. The van der Waals surface area contributed by atoms with Crippen LogP contribution < -0.4 is 37.5 Å². The minimum atomic E-state index is -2.97. The lowest BCUT2D eigenvalue weighted by atomic mass is 10.0. The Hall–Kier alpha value is -12.9. The van der Waals surface area contributed by atoms with Crippen molar-refractivity contribution in [2.24, 2.45) is 5.92 Å². The van der Waals surface area contributed by atoms with Gasteiger partial charge in [-0.15, -0.1) is 0 Å². The third-order valence-electron chi connectivity index (χ3n) is 21.5. The average Bonchev–Trinajstić information content (AvgIpc) is 0.736. The molecule has 3 amide bonds. The Morgan fingerprint density at radius 3 is 1.58 bits per heavy atom. The van der Waals surface area contributed by atoms with Crippen molar-refractivity contribution in [2.75, 3.05) is 79.3 Å². The second-order valence-corrected chi connectivity index (χ2v) is 32.1. The van der Waals surface area contributed by atoms with E-state index < -0.39 is 76.4 Å². The van der Waals surface area contributed by atoms with Crippen molar-refractivity contribution in [3.8, 4) is 56.7 Å². The van der Waals surface area contributed by atoms with Gasteiger partial charge in [0.1, 0.15) is 63.8 Å². The first-order valence-electron chi connectivity index (χ1n) is 39.6. The molecule has 0 spiro atoms. The summed E-state index contributed by atoms with van der Waals surface area (Å²) in [6.45, 7) is 30.4. The molecular weight excluding hydrogens is 1650 g/mol. The van der Waals surface area contributed by atoms with Crippen LogP contribution in [0.15, 0.2) is 180 Å². The first kappa shape index (κ1) is 87.9. The number of carbonyl (C=O) groups is 3. The standard InChI is InChI=1S/C30H30ClFN6O2.C30H28F4N6O3.C29H29Cl2N7O2/c1-5-26(39)36-13-14-37(19(4)17-36)28-21-16-22(31)27(20-9-6-7-10-23(20)32)34-29(21)38(30(40)35-28)25-11-8-12-33-24(25)15-18(2)3;1-5-22(42)38-11-12-39(20(14-38)27(33)34)28-17-13-19(32)25(23-18(31)7-6-8-21(23)41)36-29(17)40(30(43)37-28)26-16(4)9-10-35-24(26)15(2)3;1-5-24(39)36-12-13-37(17(4)15-36)27-19-14-21(31)26(25-20(30)10-11-23(32)33-25)34-28(19)38(29(40)35-27)22-9-7-6-8-18(22)16(2)3/h5-12,16,18-19H,1,13-15,17H2,2-4H3;5-10,13,15,20,27,41H,1,11-12,14H2,2-4H3;5-11,14,16-17H,1,12-13,15H2,2-4H3,(H2,32,33)/t19-;20-;17-/m000/s1. The van der Waals surface area contributed by atoms with Crippen LogP contribution in [-0.2, 0) is 20.8 Å². The fourth-order valence-corrected chi connectivity index (χ4v) is 16.3. The molecule has 9 aromatic heterocycles. The van der Waals surface area contributed by atoms with Gasteiger partial charge < -0.3 is 40.2 Å². The molecule has 34 heteroatoms. The number of amides is 3. The number of hydrogen-bond acceptors (Lipinski definition) is 20. The molecule has 3 aromatic carbocycles. The molecule has 0 bridgehead atoms. The fourth-order valence-electron chi connectivity index (χ4n) is 15.6. The molecule has 636 valence electrons. The van der Waals surface area contributed by atoms with Crippen LogP contribution in [0, 0.1) is 30.3 Å². The van der Waals surface area contributed by atoms with E-state index in [0.717, 1.165) is 45.0 Å². The van der Waals surface area contributed by atoms with Crippen LogP contribution in [0.1, 0.15) is 89.7 Å². The molecule has 0 saturated carbocycles. The van der Waals surface area contributed by atoms with Crippen LogP contribution in [0.25, 0.3) is 84.1 Å². The number of alkyl halides is 2. The van der Waals surface area contributed by atoms with Gasteiger partial charge in [-0.05, 0) is 153 Å². The van der Waals surface area contributed by atoms with Gasteiger partial charge in [0.25, 0.3) is 6.43 Å². The molecule has 26 nitrogen and oxygen atoms in total. The first-order valence-corrected chi connectivity index (χ1v) is 40.7. The Labute approximate surface area is 718 Å². The Kier molecular flexibility index (Phi) is 26.3. The van der Waals surface area contributed by atoms with Gasteiger partial charge in [-0.25, -0.2) is 70.0 Å². The van der Waals surface area contributed by atoms with E-state index in [0.29, 0.717) is 124 Å². The molecule has 12 aromatic rings. The summed E-state index contributed by atoms with van der Waals surface area (Å²) in [5, 5.41) is 12.3. The van der Waals surface area contributed by atoms with E-state index in [4.69, 9.17) is 50.5 Å². The number of carbonyl (C=O) groups excluding carboxylic acids is 3. The van der Waals surface area contributed by atoms with E-state index in [1.807, 2.05) is 67.8 Å². The largest absolute Gasteiger partial charge is 0.507 e. The number of benzene rings is 3. The summed E-state index contributed by atoms with van der Waals surface area (Å²) in [4.78, 5) is 129. The maximum absolute atomic E-state index is 15.8. The number of anilines is 4. The summed E-state index contributed by atoms with van der Waals surface area (Å²) < 4.78 is 78.5. The molecule has 12 heterocycles. The number of aromatic nitrogens is 12. The quantitative estimate of drug-likeness (QED) is 0.0632. The number of para-hydroxylation sites is 1. The Bertz CT molecular complexity index is 6370. The van der Waals surface area contributed by atoms with Crippen molar-refractivity contribution >= 4 is 109 Å². The van der Waals surface area contributed by atoms with Gasteiger partial charge in [0.2, 0.25) is 17.7 Å². The highest BCUT2D eigenvalue weighted by atomic mass is 35.5. The van der Waals surface area contributed by atoms with E-state index in [1.165, 1.54) is 38.3 Å². The van der Waals surface area contributed by atoms with E-state index in [-0.39, 0.29) is 98.7 Å². The van der Waals surface area contributed by atoms with Gasteiger partial charge >= 0.3 is 17.1 Å². The molecule has 3 N–H and O–H groups in total. The predicted octanol–water partition coefficient (Wildman–Crippen LogP) is 14.9. The molecule has 3 saturated heterocycles. The number of fused-ring (bicyclic) bond motifs is 3. The highest BCUT2D eigenvalue weighted by Gasteiger charge is 2.39. The SMILES string of the molecule is C=CC(=O)N1CCN(c2nc(=O)n(-c3c(C)ccnc3C(C)C)c3nc(-c4c(O)cccc4F)c(F)cc23)[C@H](C(F)F)C1.C=CC(=O)N1CCN(c2nc(=O)n(-c3ccccc3C(C)C)c3nc(-c4nc(N)ccc4Cl)c(Cl)cc23)[C@@H](C)C1.C=CC(=O)N1CCN(c2nc(=O)n(-c3cccnc3CC(C)C)c3nc(-c4ccccc4F)c(Cl)cc23)[C@@H](C)C1. The second kappa shape index (κ2) is 36.8. The number of hydrogen-bond donors (Lipinski definition) is 2. The minimum absolute atomic E-state index is 0.0106. The highest BCUT2D eigenvalue weighted by molar-refractivity contribution is 6.36. The summed E-state index contributed by atoms with van der Waals surface area (Å²) in [6, 6.07) is 28.3. The van der Waals surface area contributed by atoms with E-state index in [1.54, 1.807) is 83.7 Å². The van der Waals surface area contributed by atoms with Crippen LogP contribution in [0.3, 0.4) is 0 Å². The maximum Gasteiger partial charge on any atom is 0.355 e. The van der Waals surface area contributed by atoms with Gasteiger partial charge in [0.05, 0.1) is 70.9 Å². The number of aryl methyl sites for hydroxylation is 1. The number of pyridine rings is 6. The molecule has 0 unspecified atom stereocenters. The van der Waals surface area contributed by atoms with Gasteiger partial charge in [-0.1, -0.05) is 132 Å². The molecule has 123 heavy (non-hydrogen) atoms. The van der Waals surface area contributed by atoms with E-state index in [2.05, 4.69) is 82.3 Å². The van der Waals surface area contributed by atoms with Gasteiger partial charge in [-0.3, -0.25) is 24.4 Å². The smallest absolute Gasteiger partial charge is 0.355 e. The molecule has 3 aliphatic heterocycles. The van der Waals surface area contributed by atoms with Gasteiger partial charge in [0.15, 0.2) is 22.8 Å². The number of rotatable bonds is 17. The third kappa shape index (κ3) is 17.7. The van der Waals surface area contributed by atoms with E-state index >= 15 is 4.39 Å². The van der Waals surface area contributed by atoms with Crippen LogP contribution >= 0.6 is 34.8 Å². The summed E-state index contributed by atoms with van der Waals surface area (Å²) in [6.07, 6.45) is 4.55.